The Labute approximate surface area is 113 Å². The predicted octanol–water partition coefficient (Wildman–Crippen LogP) is 2.10. The van der Waals surface area contributed by atoms with Crippen LogP contribution in [0.25, 0.3) is 0 Å². The van der Waals surface area contributed by atoms with E-state index in [9.17, 15) is 5.11 Å². The molecule has 2 N–H and O–H groups in total. The molecule has 1 aliphatic heterocycles. The molecule has 0 bridgehead atoms. The fourth-order valence-corrected chi connectivity index (χ4v) is 2.83. The highest BCUT2D eigenvalue weighted by atomic mass is 16.3. The number of aliphatic hydroxyl groups is 1. The molecule has 0 amide bonds. The molecule has 108 valence electrons. The molecule has 0 aromatic carbocycles. The van der Waals surface area contributed by atoms with Crippen LogP contribution in [-0.4, -0.2) is 48.3 Å². The summed E-state index contributed by atoms with van der Waals surface area (Å²) in [5.74, 6) is 1.36. The van der Waals surface area contributed by atoms with Crippen molar-refractivity contribution in [2.75, 3.05) is 26.2 Å². The van der Waals surface area contributed by atoms with Gasteiger partial charge in [0.1, 0.15) is 0 Å². The third kappa shape index (κ3) is 5.68. The first-order valence-corrected chi connectivity index (χ1v) is 7.68. The molecule has 0 saturated carbocycles. The normalized spacial score (nSPS) is 27.7. The highest BCUT2D eigenvalue weighted by Crippen LogP contribution is 2.22. The summed E-state index contributed by atoms with van der Waals surface area (Å²) in [6.45, 7) is 13.4. The van der Waals surface area contributed by atoms with E-state index < -0.39 is 0 Å². The van der Waals surface area contributed by atoms with Crippen LogP contribution in [0.5, 0.6) is 0 Å². The van der Waals surface area contributed by atoms with E-state index in [0.29, 0.717) is 17.9 Å². The van der Waals surface area contributed by atoms with E-state index in [4.69, 9.17) is 0 Å². The molecule has 18 heavy (non-hydrogen) atoms. The lowest BCUT2D eigenvalue weighted by Crippen LogP contribution is -2.50. The molecule has 3 nitrogen and oxygen atoms in total. The van der Waals surface area contributed by atoms with Gasteiger partial charge in [-0.2, -0.15) is 0 Å². The Balaban J connectivity index is 2.43. The quantitative estimate of drug-likeness (QED) is 0.732. The fraction of sp³-hybridized carbons (Fsp3) is 1.00. The summed E-state index contributed by atoms with van der Waals surface area (Å²) >= 11 is 0. The molecule has 1 saturated heterocycles. The molecule has 1 aliphatic rings. The maximum Gasteiger partial charge on any atom is 0.0540 e. The average molecular weight is 256 g/mol. The van der Waals surface area contributed by atoms with Crippen molar-refractivity contribution in [2.45, 2.75) is 59.1 Å². The van der Waals surface area contributed by atoms with Gasteiger partial charge >= 0.3 is 0 Å². The van der Waals surface area contributed by atoms with Gasteiger partial charge in [-0.05, 0) is 44.2 Å². The minimum Gasteiger partial charge on any atom is -0.393 e. The monoisotopic (exact) mass is 256 g/mol. The fourth-order valence-electron chi connectivity index (χ4n) is 2.83. The zero-order valence-corrected chi connectivity index (χ0v) is 12.7. The summed E-state index contributed by atoms with van der Waals surface area (Å²) in [6, 6.07) is 0.607. The van der Waals surface area contributed by atoms with Gasteiger partial charge in [-0.1, -0.05) is 27.7 Å². The molecular formula is C15H32N2O. The predicted molar refractivity (Wildman–Crippen MR) is 77.8 cm³/mol. The van der Waals surface area contributed by atoms with Crippen molar-refractivity contribution < 1.29 is 5.11 Å². The molecular weight excluding hydrogens is 224 g/mol. The van der Waals surface area contributed by atoms with Gasteiger partial charge < -0.3 is 15.3 Å². The molecule has 0 spiro atoms. The minimum atomic E-state index is -0.113. The molecule has 0 aromatic rings. The van der Waals surface area contributed by atoms with Crippen molar-refractivity contribution in [3.05, 3.63) is 0 Å². The van der Waals surface area contributed by atoms with Crippen molar-refractivity contribution in [2.24, 2.45) is 11.8 Å². The van der Waals surface area contributed by atoms with Crippen molar-refractivity contribution in [3.63, 3.8) is 0 Å². The van der Waals surface area contributed by atoms with Gasteiger partial charge in [0.15, 0.2) is 0 Å². The Morgan fingerprint density at radius 2 is 2.00 bits per heavy atom. The zero-order chi connectivity index (χ0) is 13.5. The number of likely N-dealkylation sites (tertiary alicyclic amines) is 1. The van der Waals surface area contributed by atoms with Crippen LogP contribution in [0, 0.1) is 11.8 Å². The van der Waals surface area contributed by atoms with Gasteiger partial charge in [0.2, 0.25) is 0 Å². The van der Waals surface area contributed by atoms with E-state index in [2.05, 4.69) is 37.9 Å². The van der Waals surface area contributed by atoms with Crippen molar-refractivity contribution in [1.29, 1.82) is 0 Å². The lowest BCUT2D eigenvalue weighted by atomic mass is 9.88. The van der Waals surface area contributed by atoms with Crippen LogP contribution >= 0.6 is 0 Å². The SMILES string of the molecule is CCC(O)CC1CC(NCC(C)C)CN(CC)C1. The van der Waals surface area contributed by atoms with Crippen LogP contribution in [-0.2, 0) is 0 Å². The van der Waals surface area contributed by atoms with Crippen LogP contribution in [0.15, 0.2) is 0 Å². The second-order valence-electron chi connectivity index (χ2n) is 6.25. The summed E-state index contributed by atoms with van der Waals surface area (Å²) in [7, 11) is 0. The van der Waals surface area contributed by atoms with Crippen LogP contribution < -0.4 is 5.32 Å². The first-order valence-electron chi connectivity index (χ1n) is 7.68. The summed E-state index contributed by atoms with van der Waals surface area (Å²) in [6.07, 6.45) is 2.96. The summed E-state index contributed by atoms with van der Waals surface area (Å²) in [5.41, 5.74) is 0. The topological polar surface area (TPSA) is 35.5 Å². The van der Waals surface area contributed by atoms with Gasteiger partial charge in [0.05, 0.1) is 6.10 Å². The van der Waals surface area contributed by atoms with E-state index in [0.717, 1.165) is 32.5 Å². The average Bonchev–Trinajstić information content (AvgIpc) is 2.35. The van der Waals surface area contributed by atoms with Crippen LogP contribution in [0.3, 0.4) is 0 Å². The number of nitrogens with one attached hydrogen (secondary N) is 1. The highest BCUT2D eigenvalue weighted by molar-refractivity contribution is 4.84. The molecule has 0 aromatic heterocycles. The summed E-state index contributed by atoms with van der Waals surface area (Å²) in [5, 5.41) is 13.5. The lowest BCUT2D eigenvalue weighted by Gasteiger charge is -2.38. The molecule has 0 radical (unpaired) electrons. The molecule has 3 unspecified atom stereocenters. The van der Waals surface area contributed by atoms with Crippen LogP contribution in [0.2, 0.25) is 0 Å². The number of hydrogen-bond donors (Lipinski definition) is 2. The zero-order valence-electron chi connectivity index (χ0n) is 12.7. The maximum absolute atomic E-state index is 9.83. The van der Waals surface area contributed by atoms with Crippen LogP contribution in [0.4, 0.5) is 0 Å². The number of aliphatic hydroxyl groups excluding tert-OH is 1. The van der Waals surface area contributed by atoms with Crippen molar-refractivity contribution >= 4 is 0 Å². The number of rotatable bonds is 7. The van der Waals surface area contributed by atoms with Gasteiger partial charge in [0.25, 0.3) is 0 Å². The lowest BCUT2D eigenvalue weighted by molar-refractivity contribution is 0.0857. The third-order valence-electron chi connectivity index (χ3n) is 3.95. The van der Waals surface area contributed by atoms with Gasteiger partial charge in [0, 0.05) is 19.1 Å². The molecule has 1 fully saturated rings. The van der Waals surface area contributed by atoms with E-state index in [1.165, 1.54) is 13.0 Å². The minimum absolute atomic E-state index is 0.113. The van der Waals surface area contributed by atoms with Gasteiger partial charge in [-0.15, -0.1) is 0 Å². The van der Waals surface area contributed by atoms with E-state index in [-0.39, 0.29) is 6.10 Å². The van der Waals surface area contributed by atoms with E-state index in [1.54, 1.807) is 0 Å². The number of nitrogens with zero attached hydrogens (tertiary/aromatic N) is 1. The second-order valence-corrected chi connectivity index (χ2v) is 6.25. The largest absolute Gasteiger partial charge is 0.393 e. The second kappa shape index (κ2) is 8.13. The number of likely N-dealkylation sites (N-methyl/N-ethyl adjacent to an activating group) is 1. The standard InChI is InChI=1S/C15H32N2O/c1-5-15(18)8-13-7-14(16-9-12(3)4)11-17(6-2)10-13/h12-16,18H,5-11H2,1-4H3. The Hall–Kier alpha value is -0.120. The highest BCUT2D eigenvalue weighted by Gasteiger charge is 2.27. The molecule has 1 heterocycles. The Morgan fingerprint density at radius 1 is 1.28 bits per heavy atom. The Bertz CT molecular complexity index is 219. The third-order valence-corrected chi connectivity index (χ3v) is 3.95. The molecule has 1 rings (SSSR count). The maximum atomic E-state index is 9.83. The van der Waals surface area contributed by atoms with Gasteiger partial charge in [-0.25, -0.2) is 0 Å². The van der Waals surface area contributed by atoms with Crippen LogP contribution in [0.1, 0.15) is 47.0 Å². The molecule has 3 atom stereocenters. The first kappa shape index (κ1) is 15.9. The van der Waals surface area contributed by atoms with Crippen molar-refractivity contribution in [1.82, 2.24) is 10.2 Å². The molecule has 0 aliphatic carbocycles. The summed E-state index contributed by atoms with van der Waals surface area (Å²) < 4.78 is 0. The molecule has 3 heteroatoms. The van der Waals surface area contributed by atoms with E-state index in [1.807, 2.05) is 0 Å². The Kier molecular flexibility index (Phi) is 7.20. The first-order chi connectivity index (χ1) is 8.55. The smallest absolute Gasteiger partial charge is 0.0540 e. The van der Waals surface area contributed by atoms with E-state index >= 15 is 0 Å². The van der Waals surface area contributed by atoms with Crippen molar-refractivity contribution in [3.8, 4) is 0 Å². The number of hydrogen-bond acceptors (Lipinski definition) is 3. The Morgan fingerprint density at radius 3 is 2.56 bits per heavy atom. The summed E-state index contributed by atoms with van der Waals surface area (Å²) in [4.78, 5) is 2.52. The number of piperidine rings is 1. The van der Waals surface area contributed by atoms with Gasteiger partial charge in [-0.3, -0.25) is 0 Å².